The lowest BCUT2D eigenvalue weighted by molar-refractivity contribution is -0.154. The third kappa shape index (κ3) is 2.12. The highest BCUT2D eigenvalue weighted by Crippen LogP contribution is 2.35. The van der Waals surface area contributed by atoms with Gasteiger partial charge in [-0.2, -0.15) is 0 Å². The highest BCUT2D eigenvalue weighted by atomic mass is 32.1. The van der Waals surface area contributed by atoms with Gasteiger partial charge in [-0.3, -0.25) is 9.59 Å². The Morgan fingerprint density at radius 1 is 1.45 bits per heavy atom. The molecule has 1 spiro atoms. The fourth-order valence-corrected chi connectivity index (χ4v) is 3.95. The van der Waals surface area contributed by atoms with E-state index in [-0.39, 0.29) is 11.8 Å². The maximum absolute atomic E-state index is 12.8. The van der Waals surface area contributed by atoms with Gasteiger partial charge in [0.05, 0.1) is 11.6 Å². The predicted octanol–water partition coefficient (Wildman–Crippen LogP) is 1.61. The van der Waals surface area contributed by atoms with E-state index < -0.39 is 11.6 Å². The van der Waals surface area contributed by atoms with Gasteiger partial charge in [0.1, 0.15) is 11.6 Å². The van der Waals surface area contributed by atoms with E-state index in [4.69, 9.17) is 0 Å². The van der Waals surface area contributed by atoms with Crippen LogP contribution in [0.4, 0.5) is 0 Å². The van der Waals surface area contributed by atoms with Gasteiger partial charge < -0.3 is 10.2 Å². The van der Waals surface area contributed by atoms with Gasteiger partial charge in [0, 0.05) is 11.1 Å². The summed E-state index contributed by atoms with van der Waals surface area (Å²) in [5.74, 6) is 0.0425. The molecule has 1 aromatic heterocycles. The topological polar surface area (TPSA) is 62.3 Å². The maximum atomic E-state index is 12.8. The fourth-order valence-electron chi connectivity index (χ4n) is 3.16. The molecule has 1 atom stereocenters. The molecule has 3 rings (SSSR count). The highest BCUT2D eigenvalue weighted by Gasteiger charge is 2.50. The number of nitrogens with one attached hydrogen (secondary N) is 1. The van der Waals surface area contributed by atoms with Crippen LogP contribution in [0.5, 0.6) is 0 Å². The molecule has 1 aliphatic carbocycles. The summed E-state index contributed by atoms with van der Waals surface area (Å²) in [6, 6.07) is -0.406. The predicted molar refractivity (Wildman–Crippen MR) is 76.2 cm³/mol. The van der Waals surface area contributed by atoms with Crippen molar-refractivity contribution in [1.29, 1.82) is 0 Å². The number of carbonyl (C=O) groups excluding carboxylic acids is 2. The number of thiazole rings is 1. The van der Waals surface area contributed by atoms with Crippen molar-refractivity contribution in [2.75, 3.05) is 0 Å². The molecule has 6 heteroatoms. The molecule has 2 heterocycles. The molecule has 1 saturated carbocycles. The number of aryl methyl sites for hydroxylation is 1. The van der Waals surface area contributed by atoms with Crippen molar-refractivity contribution < 1.29 is 9.59 Å². The van der Waals surface area contributed by atoms with Crippen molar-refractivity contribution in [3.8, 4) is 0 Å². The molecule has 1 N–H and O–H groups in total. The van der Waals surface area contributed by atoms with Crippen molar-refractivity contribution in [3.63, 3.8) is 0 Å². The van der Waals surface area contributed by atoms with Crippen molar-refractivity contribution in [1.82, 2.24) is 15.2 Å². The van der Waals surface area contributed by atoms with Crippen LogP contribution in [0.2, 0.25) is 0 Å². The van der Waals surface area contributed by atoms with E-state index >= 15 is 0 Å². The van der Waals surface area contributed by atoms with Crippen LogP contribution in [0.15, 0.2) is 6.20 Å². The molecule has 1 aromatic rings. The van der Waals surface area contributed by atoms with Gasteiger partial charge in [0.2, 0.25) is 11.8 Å². The van der Waals surface area contributed by atoms with Gasteiger partial charge in [-0.1, -0.05) is 12.8 Å². The summed E-state index contributed by atoms with van der Waals surface area (Å²) in [5.41, 5.74) is -0.636. The van der Waals surface area contributed by atoms with Crippen molar-refractivity contribution >= 4 is 23.2 Å². The Kier molecular flexibility index (Phi) is 3.28. The minimum atomic E-state index is -0.636. The summed E-state index contributed by atoms with van der Waals surface area (Å²) >= 11 is 1.58. The molecule has 0 aromatic carbocycles. The van der Waals surface area contributed by atoms with Gasteiger partial charge >= 0.3 is 0 Å². The van der Waals surface area contributed by atoms with Gasteiger partial charge in [0.25, 0.3) is 0 Å². The van der Waals surface area contributed by atoms with Gasteiger partial charge in [-0.05, 0) is 26.7 Å². The van der Waals surface area contributed by atoms with Gasteiger partial charge in [-0.15, -0.1) is 11.3 Å². The summed E-state index contributed by atoms with van der Waals surface area (Å²) < 4.78 is 0. The maximum Gasteiger partial charge on any atom is 0.249 e. The molecular weight excluding hydrogens is 274 g/mol. The first-order valence-corrected chi connectivity index (χ1v) is 7.88. The van der Waals surface area contributed by atoms with Gasteiger partial charge in [0.15, 0.2) is 0 Å². The molecular formula is C14H19N3O2S. The van der Waals surface area contributed by atoms with E-state index in [1.54, 1.807) is 29.4 Å². The van der Waals surface area contributed by atoms with E-state index in [1.807, 2.05) is 6.92 Å². The highest BCUT2D eigenvalue weighted by molar-refractivity contribution is 7.11. The minimum absolute atomic E-state index is 0.0345. The van der Waals surface area contributed by atoms with Crippen LogP contribution < -0.4 is 5.32 Å². The average Bonchev–Trinajstić information content (AvgIpc) is 3.03. The zero-order valence-corrected chi connectivity index (χ0v) is 12.6. The lowest BCUT2D eigenvalue weighted by Crippen LogP contribution is -2.68. The lowest BCUT2D eigenvalue weighted by Gasteiger charge is -2.43. The SMILES string of the molecule is Cc1ncc(CN2C(=O)C3(CCCC3)NC(=O)C2C)s1. The Bertz CT molecular complexity index is 548. The van der Waals surface area contributed by atoms with Gasteiger partial charge in [-0.25, -0.2) is 4.98 Å². The number of carbonyl (C=O) groups is 2. The van der Waals surface area contributed by atoms with Crippen molar-refractivity contribution in [3.05, 3.63) is 16.1 Å². The average molecular weight is 293 g/mol. The molecule has 0 radical (unpaired) electrons. The zero-order valence-electron chi connectivity index (χ0n) is 11.8. The van der Waals surface area contributed by atoms with Crippen LogP contribution >= 0.6 is 11.3 Å². The summed E-state index contributed by atoms with van der Waals surface area (Å²) in [6.07, 6.45) is 5.35. The Hall–Kier alpha value is -1.43. The van der Waals surface area contributed by atoms with Crippen LogP contribution in [0.1, 0.15) is 42.5 Å². The number of hydrogen-bond donors (Lipinski definition) is 1. The monoisotopic (exact) mass is 293 g/mol. The zero-order chi connectivity index (χ0) is 14.3. The molecule has 2 fully saturated rings. The Labute approximate surface area is 122 Å². The molecule has 20 heavy (non-hydrogen) atoms. The molecule has 2 amide bonds. The molecule has 108 valence electrons. The Morgan fingerprint density at radius 2 is 2.15 bits per heavy atom. The van der Waals surface area contributed by atoms with E-state index in [1.165, 1.54) is 0 Å². The normalized spacial score (nSPS) is 25.3. The number of hydrogen-bond acceptors (Lipinski definition) is 4. The van der Waals surface area contributed by atoms with Crippen LogP contribution in [-0.4, -0.2) is 33.3 Å². The quantitative estimate of drug-likeness (QED) is 0.901. The summed E-state index contributed by atoms with van der Waals surface area (Å²) in [4.78, 5) is 32.0. The standard InChI is InChI=1S/C14H19N3O2S/c1-9-12(18)16-14(5-3-4-6-14)13(19)17(9)8-11-7-15-10(2)20-11/h7,9H,3-6,8H2,1-2H3,(H,16,18). The van der Waals surface area contributed by atoms with Crippen LogP contribution in [0.3, 0.4) is 0 Å². The van der Waals surface area contributed by atoms with Crippen molar-refractivity contribution in [2.24, 2.45) is 0 Å². The first-order chi connectivity index (χ1) is 9.52. The first kappa shape index (κ1) is 13.5. The van der Waals surface area contributed by atoms with Crippen LogP contribution in [0.25, 0.3) is 0 Å². The smallest absolute Gasteiger partial charge is 0.249 e. The molecule has 0 bridgehead atoms. The molecule has 1 saturated heterocycles. The van der Waals surface area contributed by atoms with Crippen LogP contribution in [0, 0.1) is 6.92 Å². The third-order valence-electron chi connectivity index (χ3n) is 4.33. The minimum Gasteiger partial charge on any atom is -0.340 e. The van der Waals surface area contributed by atoms with E-state index in [0.29, 0.717) is 6.54 Å². The van der Waals surface area contributed by atoms with E-state index in [0.717, 1.165) is 35.6 Å². The third-order valence-corrected chi connectivity index (χ3v) is 5.23. The Morgan fingerprint density at radius 3 is 2.75 bits per heavy atom. The second-order valence-corrected chi connectivity index (χ2v) is 7.05. The van der Waals surface area contributed by atoms with E-state index in [9.17, 15) is 9.59 Å². The molecule has 1 aliphatic heterocycles. The molecule has 1 unspecified atom stereocenters. The summed E-state index contributed by atoms with van der Waals surface area (Å²) in [5, 5.41) is 3.95. The van der Waals surface area contributed by atoms with Crippen LogP contribution in [-0.2, 0) is 16.1 Å². The Balaban J connectivity index is 1.86. The summed E-state index contributed by atoms with van der Waals surface area (Å²) in [6.45, 7) is 4.23. The lowest BCUT2D eigenvalue weighted by atomic mass is 9.91. The number of amides is 2. The number of aromatic nitrogens is 1. The number of rotatable bonds is 2. The number of piperazine rings is 1. The first-order valence-electron chi connectivity index (χ1n) is 7.06. The van der Waals surface area contributed by atoms with Crippen molar-refractivity contribution in [2.45, 2.75) is 57.7 Å². The second kappa shape index (κ2) is 4.84. The second-order valence-electron chi connectivity index (χ2n) is 5.73. The largest absolute Gasteiger partial charge is 0.340 e. The molecule has 5 nitrogen and oxygen atoms in total. The summed E-state index contributed by atoms with van der Waals surface area (Å²) in [7, 11) is 0. The van der Waals surface area contributed by atoms with E-state index in [2.05, 4.69) is 10.3 Å². The molecule has 2 aliphatic rings. The number of nitrogens with zero attached hydrogens (tertiary/aromatic N) is 2. The fraction of sp³-hybridized carbons (Fsp3) is 0.643.